The van der Waals surface area contributed by atoms with Crippen LogP contribution in [-0.2, 0) is 40.5 Å². The number of thiophene rings is 4. The lowest BCUT2D eigenvalue weighted by atomic mass is 10.1. The summed E-state index contributed by atoms with van der Waals surface area (Å²) in [5.41, 5.74) is 2.18. The van der Waals surface area contributed by atoms with E-state index < -0.39 is 57.3 Å². The Morgan fingerprint density at radius 1 is 0.367 bits per heavy atom. The first kappa shape index (κ1) is 40.4. The molecule has 0 radical (unpaired) electrons. The van der Waals surface area contributed by atoms with Gasteiger partial charge in [-0.05, 0) is 94.4 Å². The number of hydrogen-bond donors (Lipinski definition) is 6. The van der Waals surface area contributed by atoms with Crippen molar-refractivity contribution >= 4 is 132 Å². The molecule has 60 heavy (non-hydrogen) atoms. The topological polar surface area (TPSA) is 275 Å². The minimum absolute atomic E-state index is 0.0357. The molecule has 7 aromatic rings. The minimum Gasteiger partial charge on any atom is -0.354 e. The number of fused-ring (bicyclic) bond motifs is 8. The van der Waals surface area contributed by atoms with E-state index in [1.807, 2.05) is 0 Å². The number of nitrogens with one attached hydrogen (secondary N) is 2. The first-order valence-electron chi connectivity index (χ1n) is 16.7. The summed E-state index contributed by atoms with van der Waals surface area (Å²) in [7, 11) is -19.2. The van der Waals surface area contributed by atoms with Crippen molar-refractivity contribution in [2.24, 2.45) is 0 Å². The SMILES string of the molecule is O=S(=O)(O)c1sccc1-c1c2nc(c(-c3ccsc3S(=O)(=O)O)c3ccc([nH]3)c(-c3ccsc3S(=O)(=O)O)c3nc(c(-c4ccsc4S(=O)(=O)O)c4ccc1[nH]4)C=C3)C=C2. The van der Waals surface area contributed by atoms with Crippen LogP contribution in [0.3, 0.4) is 0 Å². The van der Waals surface area contributed by atoms with E-state index in [9.17, 15) is 51.9 Å². The van der Waals surface area contributed by atoms with Crippen molar-refractivity contribution in [1.29, 1.82) is 0 Å². The van der Waals surface area contributed by atoms with Crippen LogP contribution in [0.15, 0.2) is 86.9 Å². The minimum atomic E-state index is -4.80. The predicted molar refractivity (Wildman–Crippen MR) is 231 cm³/mol. The van der Waals surface area contributed by atoms with E-state index >= 15 is 0 Å². The number of aromatic nitrogens is 4. The predicted octanol–water partition coefficient (Wildman–Crippen LogP) is 8.56. The summed E-state index contributed by atoms with van der Waals surface area (Å²) in [5, 5.41) is 5.80. The number of nitrogens with zero attached hydrogens (tertiary/aromatic N) is 2. The quantitative estimate of drug-likeness (QED) is 0.0779. The van der Waals surface area contributed by atoms with E-state index in [1.165, 1.54) is 70.1 Å². The van der Waals surface area contributed by atoms with Crippen LogP contribution in [0, 0.1) is 0 Å². The molecule has 0 fully saturated rings. The van der Waals surface area contributed by atoms with Crippen LogP contribution >= 0.6 is 45.3 Å². The lowest BCUT2D eigenvalue weighted by molar-refractivity contribution is 0.483. The van der Waals surface area contributed by atoms with Gasteiger partial charge in [0.1, 0.15) is 0 Å². The van der Waals surface area contributed by atoms with Crippen LogP contribution in [-0.4, -0.2) is 71.8 Å². The summed E-state index contributed by atoms with van der Waals surface area (Å²) in [6.07, 6.45) is 6.13. The molecule has 0 unspecified atom stereocenters. The van der Waals surface area contributed by atoms with Gasteiger partial charge in [0.15, 0.2) is 16.8 Å². The second-order valence-electron chi connectivity index (χ2n) is 12.9. The Hall–Kier alpha value is -4.96. The fraction of sp³-hybridized carbons (Fsp3) is 0. The van der Waals surface area contributed by atoms with Crippen molar-refractivity contribution in [1.82, 2.24) is 19.9 Å². The number of H-pyrrole nitrogens is 2. The smallest absolute Gasteiger partial charge is 0.304 e. The normalized spacial score (nSPS) is 13.4. The largest absolute Gasteiger partial charge is 0.354 e. The summed E-state index contributed by atoms with van der Waals surface area (Å²) < 4.78 is 141. The molecule has 306 valence electrons. The molecule has 9 heterocycles. The monoisotopic (exact) mass is 958 g/mol. The zero-order chi connectivity index (χ0) is 42.5. The molecule has 0 spiro atoms. The zero-order valence-electron chi connectivity index (χ0n) is 29.5. The molecule has 2 aliphatic heterocycles. The molecule has 24 heteroatoms. The van der Waals surface area contributed by atoms with Gasteiger partial charge < -0.3 is 9.97 Å². The van der Waals surface area contributed by atoms with E-state index in [0.29, 0.717) is 0 Å². The molecule has 7 aromatic heterocycles. The lowest BCUT2D eigenvalue weighted by Gasteiger charge is -2.07. The molecule has 0 aromatic carbocycles. The maximum absolute atomic E-state index is 12.7. The Morgan fingerprint density at radius 3 is 0.783 bits per heavy atom. The first-order valence-corrected chi connectivity index (χ1v) is 25.9. The van der Waals surface area contributed by atoms with E-state index in [2.05, 4.69) is 9.97 Å². The van der Waals surface area contributed by atoms with Crippen LogP contribution in [0.25, 0.3) is 90.9 Å². The molecule has 0 saturated heterocycles. The third kappa shape index (κ3) is 7.02. The molecule has 6 N–H and O–H groups in total. The van der Waals surface area contributed by atoms with Crippen molar-refractivity contribution in [3.8, 4) is 44.5 Å². The third-order valence-electron chi connectivity index (χ3n) is 9.29. The number of rotatable bonds is 8. The average Bonchev–Trinajstić information content (AvgIpc) is 3.98. The lowest BCUT2D eigenvalue weighted by Crippen LogP contribution is -1.99. The van der Waals surface area contributed by atoms with Gasteiger partial charge in [0, 0.05) is 66.6 Å². The molecule has 2 aliphatic rings. The average molecular weight is 959 g/mol. The van der Waals surface area contributed by atoms with Gasteiger partial charge in [-0.25, -0.2) is 9.97 Å². The van der Waals surface area contributed by atoms with E-state index in [1.54, 1.807) is 24.3 Å². The van der Waals surface area contributed by atoms with Gasteiger partial charge in [-0.2, -0.15) is 33.7 Å². The zero-order valence-corrected chi connectivity index (χ0v) is 36.0. The van der Waals surface area contributed by atoms with E-state index in [0.717, 1.165) is 45.3 Å². The highest BCUT2D eigenvalue weighted by Crippen LogP contribution is 2.44. The number of aromatic amines is 2. The Labute approximate surface area is 355 Å². The maximum Gasteiger partial charge on any atom is 0.304 e. The first-order chi connectivity index (χ1) is 28.3. The van der Waals surface area contributed by atoms with Gasteiger partial charge in [-0.1, -0.05) is 0 Å². The Balaban J connectivity index is 1.53. The second kappa shape index (κ2) is 14.3. The van der Waals surface area contributed by atoms with Crippen molar-refractivity contribution in [2.75, 3.05) is 0 Å². The molecule has 0 aliphatic carbocycles. The molecule has 0 saturated carbocycles. The van der Waals surface area contributed by atoms with Gasteiger partial charge in [0.05, 0.1) is 22.8 Å². The van der Waals surface area contributed by atoms with Crippen LogP contribution in [0.5, 0.6) is 0 Å². The highest BCUT2D eigenvalue weighted by Gasteiger charge is 2.29. The molecular formula is C36H22N4O12S8. The van der Waals surface area contributed by atoms with Crippen LogP contribution in [0.4, 0.5) is 0 Å². The van der Waals surface area contributed by atoms with Gasteiger partial charge >= 0.3 is 40.5 Å². The maximum atomic E-state index is 12.7. The molecular weight excluding hydrogens is 937 g/mol. The van der Waals surface area contributed by atoms with Crippen molar-refractivity contribution < 1.29 is 51.9 Å². The fourth-order valence-electron chi connectivity index (χ4n) is 7.06. The van der Waals surface area contributed by atoms with E-state index in [4.69, 9.17) is 9.97 Å². The molecule has 0 amide bonds. The molecule has 9 rings (SSSR count). The standard InChI is InChI=1S/C36H22N4O12S8/c41-57(42,43)33-17(9-13-53-33)29-21-1-2-22(37-21)30(18-10-14-54-34(18)58(44,45)46)24-5-6-26(39-24)32(20-12-16-56-36(20)60(50,51)52)28-8-7-27(40-28)31(25-4-3-23(29)38-25)19-11-15-55-35(19)59(47,48)49/h1-16,37,40H,(H,41,42,43)(H,44,45,46)(H,47,48,49)(H,50,51,52). The highest BCUT2D eigenvalue weighted by atomic mass is 32.3. The molecule has 16 nitrogen and oxygen atoms in total. The van der Waals surface area contributed by atoms with Gasteiger partial charge in [0.25, 0.3) is 0 Å². The summed E-state index contributed by atoms with van der Waals surface area (Å²) in [6.45, 7) is 0. The highest BCUT2D eigenvalue weighted by molar-refractivity contribution is 7.89. The third-order valence-corrected chi connectivity index (χ3v) is 18.5. The van der Waals surface area contributed by atoms with E-state index in [-0.39, 0.29) is 89.4 Å². The van der Waals surface area contributed by atoms with Crippen LogP contribution < -0.4 is 0 Å². The second-order valence-corrected chi connectivity index (χ2v) is 23.0. The molecule has 0 atom stereocenters. The van der Waals surface area contributed by atoms with Gasteiger partial charge in [-0.15, -0.1) is 45.3 Å². The van der Waals surface area contributed by atoms with Crippen molar-refractivity contribution in [3.63, 3.8) is 0 Å². The van der Waals surface area contributed by atoms with Crippen LogP contribution in [0.2, 0.25) is 0 Å². The van der Waals surface area contributed by atoms with Gasteiger partial charge in [0.2, 0.25) is 0 Å². The summed E-state index contributed by atoms with van der Waals surface area (Å²) >= 11 is 2.98. The Kier molecular flexibility index (Phi) is 9.65. The fourth-order valence-corrected chi connectivity index (χ4v) is 14.0. The summed E-state index contributed by atoms with van der Waals surface area (Å²) in [4.78, 5) is 16.2. The summed E-state index contributed by atoms with van der Waals surface area (Å²) in [5.74, 6) is 0. The molecule has 8 bridgehead atoms. The van der Waals surface area contributed by atoms with Crippen LogP contribution in [0.1, 0.15) is 22.8 Å². The number of hydrogen-bond acceptors (Lipinski definition) is 14. The Bertz CT molecular complexity index is 3210. The van der Waals surface area contributed by atoms with Crippen molar-refractivity contribution in [2.45, 2.75) is 16.8 Å². The summed E-state index contributed by atoms with van der Waals surface area (Å²) in [6, 6.07) is 12.1. The van der Waals surface area contributed by atoms with Crippen molar-refractivity contribution in [3.05, 3.63) is 92.8 Å². The van der Waals surface area contributed by atoms with Gasteiger partial charge in [-0.3, -0.25) is 18.2 Å². The Morgan fingerprint density at radius 2 is 0.583 bits per heavy atom.